The zero-order valence-corrected chi connectivity index (χ0v) is 18.7. The van der Waals surface area contributed by atoms with Crippen molar-refractivity contribution in [1.82, 2.24) is 10.1 Å². The van der Waals surface area contributed by atoms with E-state index in [4.69, 9.17) is 18.4 Å². The molecule has 2 heterocycles. The second-order valence-electron chi connectivity index (χ2n) is 7.22. The van der Waals surface area contributed by atoms with Gasteiger partial charge in [-0.3, -0.25) is 0 Å². The Bertz CT molecular complexity index is 1340. The van der Waals surface area contributed by atoms with Crippen molar-refractivity contribution in [2.24, 2.45) is 0 Å². The molecule has 0 aliphatic heterocycles. The molecule has 0 radical (unpaired) electrons. The van der Waals surface area contributed by atoms with Crippen molar-refractivity contribution in [3.63, 3.8) is 0 Å². The zero-order chi connectivity index (χ0) is 22.7. The van der Waals surface area contributed by atoms with Gasteiger partial charge < -0.3 is 18.4 Å². The summed E-state index contributed by atoms with van der Waals surface area (Å²) in [4.78, 5) is 4.35. The molecule has 0 amide bonds. The summed E-state index contributed by atoms with van der Waals surface area (Å²) in [6.45, 7) is 1.89. The van der Waals surface area contributed by atoms with Gasteiger partial charge >= 0.3 is 0 Å². The average molecular weight is 455 g/mol. The molecule has 0 bridgehead atoms. The van der Waals surface area contributed by atoms with Crippen molar-refractivity contribution >= 4 is 9.84 Å². The number of nitrogens with zero attached hydrogens (tertiary/aromatic N) is 2. The fraction of sp³-hybridized carbons (Fsp3) is 0.217. The van der Waals surface area contributed by atoms with Crippen molar-refractivity contribution in [1.29, 1.82) is 0 Å². The van der Waals surface area contributed by atoms with Crippen LogP contribution in [0.15, 0.2) is 63.5 Å². The lowest BCUT2D eigenvalue weighted by atomic mass is 10.1. The molecular weight excluding hydrogens is 432 g/mol. The van der Waals surface area contributed by atoms with E-state index in [0.29, 0.717) is 34.4 Å². The minimum Gasteiger partial charge on any atom is -0.493 e. The van der Waals surface area contributed by atoms with E-state index in [-0.39, 0.29) is 17.4 Å². The van der Waals surface area contributed by atoms with E-state index in [0.717, 1.165) is 11.1 Å². The third kappa shape index (κ3) is 4.67. The minimum absolute atomic E-state index is 0.0558. The van der Waals surface area contributed by atoms with E-state index in [1.165, 1.54) is 0 Å². The molecular formula is C23H22N2O6S. The molecule has 0 aliphatic rings. The van der Waals surface area contributed by atoms with Crippen LogP contribution in [-0.4, -0.2) is 32.8 Å². The van der Waals surface area contributed by atoms with Crippen molar-refractivity contribution in [2.75, 3.05) is 14.2 Å². The predicted octanol–water partition coefficient (Wildman–Crippen LogP) is 4.44. The number of hydrogen-bond acceptors (Lipinski definition) is 8. The predicted molar refractivity (Wildman–Crippen MR) is 118 cm³/mol. The first-order valence-corrected chi connectivity index (χ1v) is 11.6. The second-order valence-corrected chi connectivity index (χ2v) is 9.28. The maximum Gasteiger partial charge on any atom is 0.293 e. The molecule has 0 fully saturated rings. The first kappa shape index (κ1) is 21.6. The third-order valence-corrected chi connectivity index (χ3v) is 6.41. The van der Waals surface area contributed by atoms with Crippen molar-refractivity contribution in [3.05, 3.63) is 71.5 Å². The van der Waals surface area contributed by atoms with Crippen LogP contribution in [0.25, 0.3) is 23.0 Å². The largest absolute Gasteiger partial charge is 0.493 e. The van der Waals surface area contributed by atoms with Gasteiger partial charge in [-0.05, 0) is 48.4 Å². The molecule has 32 heavy (non-hydrogen) atoms. The summed E-state index contributed by atoms with van der Waals surface area (Å²) in [6, 6.07) is 15.9. The standard InChI is InChI=1S/C23H22N2O6S/c1-15-6-4-5-7-17(15)13-32(26,27)14-18-9-11-20(30-18)23-24-22(25-31-23)16-8-10-19(28-2)21(12-16)29-3/h4-12H,13-14H2,1-3H3. The Balaban J connectivity index is 1.51. The highest BCUT2D eigenvalue weighted by Crippen LogP contribution is 2.32. The number of benzene rings is 2. The molecule has 0 spiro atoms. The average Bonchev–Trinajstić information content (AvgIpc) is 3.44. The lowest BCUT2D eigenvalue weighted by Gasteiger charge is -2.07. The summed E-state index contributed by atoms with van der Waals surface area (Å²) in [5.41, 5.74) is 2.38. The number of methoxy groups -OCH3 is 2. The highest BCUT2D eigenvalue weighted by atomic mass is 32.2. The molecule has 0 atom stereocenters. The van der Waals surface area contributed by atoms with Gasteiger partial charge in [-0.25, -0.2) is 8.42 Å². The maximum absolute atomic E-state index is 12.6. The van der Waals surface area contributed by atoms with Gasteiger partial charge in [0.05, 0.1) is 20.0 Å². The molecule has 0 aliphatic carbocycles. The highest BCUT2D eigenvalue weighted by molar-refractivity contribution is 7.89. The van der Waals surface area contributed by atoms with Crippen LogP contribution >= 0.6 is 0 Å². The monoisotopic (exact) mass is 454 g/mol. The molecule has 4 rings (SSSR count). The topological polar surface area (TPSA) is 105 Å². The lowest BCUT2D eigenvalue weighted by Crippen LogP contribution is -2.08. The Morgan fingerprint density at radius 2 is 1.72 bits per heavy atom. The van der Waals surface area contributed by atoms with Gasteiger partial charge in [0, 0.05) is 5.56 Å². The number of furan rings is 1. The minimum atomic E-state index is -3.42. The fourth-order valence-electron chi connectivity index (χ4n) is 3.26. The summed E-state index contributed by atoms with van der Waals surface area (Å²) in [5.74, 6) is 1.93. The summed E-state index contributed by atoms with van der Waals surface area (Å²) in [7, 11) is -0.320. The molecule has 8 nitrogen and oxygen atoms in total. The first-order valence-electron chi connectivity index (χ1n) is 9.78. The Kier molecular flexibility index (Phi) is 6.00. The van der Waals surface area contributed by atoms with E-state index >= 15 is 0 Å². The molecule has 4 aromatic rings. The fourth-order valence-corrected chi connectivity index (χ4v) is 4.75. The summed E-state index contributed by atoms with van der Waals surface area (Å²) in [6.07, 6.45) is 0. The molecule has 0 N–H and O–H groups in total. The summed E-state index contributed by atoms with van der Waals surface area (Å²) < 4.78 is 46.8. The van der Waals surface area contributed by atoms with Gasteiger partial charge in [0.15, 0.2) is 27.1 Å². The van der Waals surface area contributed by atoms with Crippen LogP contribution in [-0.2, 0) is 21.3 Å². The number of rotatable bonds is 8. The molecule has 2 aromatic carbocycles. The van der Waals surface area contributed by atoms with Crippen LogP contribution in [0, 0.1) is 6.92 Å². The Morgan fingerprint density at radius 1 is 0.938 bits per heavy atom. The van der Waals surface area contributed by atoms with E-state index in [2.05, 4.69) is 10.1 Å². The molecule has 166 valence electrons. The molecule has 0 saturated carbocycles. The molecule has 9 heteroatoms. The van der Waals surface area contributed by atoms with Crippen molar-refractivity contribution in [3.8, 4) is 34.5 Å². The molecule has 0 unspecified atom stereocenters. The molecule has 0 saturated heterocycles. The van der Waals surface area contributed by atoms with Gasteiger partial charge in [0.1, 0.15) is 11.5 Å². The molecule has 2 aromatic heterocycles. The van der Waals surface area contributed by atoms with Crippen molar-refractivity contribution < 1.29 is 26.8 Å². The zero-order valence-electron chi connectivity index (χ0n) is 17.9. The van der Waals surface area contributed by atoms with E-state index in [1.807, 2.05) is 31.2 Å². The number of aromatic nitrogens is 2. The number of sulfone groups is 1. The second kappa shape index (κ2) is 8.88. The van der Waals surface area contributed by atoms with Crippen LogP contribution in [0.5, 0.6) is 11.5 Å². The van der Waals surface area contributed by atoms with Gasteiger partial charge in [-0.1, -0.05) is 29.4 Å². The van der Waals surface area contributed by atoms with Crippen LogP contribution in [0.3, 0.4) is 0 Å². The smallest absolute Gasteiger partial charge is 0.293 e. The van der Waals surface area contributed by atoms with Crippen LogP contribution in [0.1, 0.15) is 16.9 Å². The van der Waals surface area contributed by atoms with Gasteiger partial charge in [0.25, 0.3) is 5.89 Å². The van der Waals surface area contributed by atoms with Gasteiger partial charge in [0.2, 0.25) is 5.82 Å². The third-order valence-electron chi connectivity index (χ3n) is 4.94. The number of aryl methyl sites for hydroxylation is 1. The summed E-state index contributed by atoms with van der Waals surface area (Å²) >= 11 is 0. The Morgan fingerprint density at radius 3 is 2.47 bits per heavy atom. The van der Waals surface area contributed by atoms with E-state index < -0.39 is 9.84 Å². The van der Waals surface area contributed by atoms with E-state index in [9.17, 15) is 8.42 Å². The van der Waals surface area contributed by atoms with Gasteiger partial charge in [-0.15, -0.1) is 0 Å². The van der Waals surface area contributed by atoms with Crippen LogP contribution < -0.4 is 9.47 Å². The maximum atomic E-state index is 12.6. The summed E-state index contributed by atoms with van der Waals surface area (Å²) in [5, 5.41) is 3.98. The SMILES string of the molecule is COc1ccc(-c2noc(-c3ccc(CS(=O)(=O)Cc4ccccc4C)o3)n2)cc1OC. The van der Waals surface area contributed by atoms with E-state index in [1.54, 1.807) is 44.6 Å². The first-order chi connectivity index (χ1) is 15.4. The number of ether oxygens (including phenoxy) is 2. The Hall–Kier alpha value is -3.59. The van der Waals surface area contributed by atoms with Crippen molar-refractivity contribution in [2.45, 2.75) is 18.4 Å². The Labute approximate surface area is 185 Å². The normalized spacial score (nSPS) is 11.5. The highest BCUT2D eigenvalue weighted by Gasteiger charge is 2.20. The van der Waals surface area contributed by atoms with Crippen LogP contribution in [0.4, 0.5) is 0 Å². The lowest BCUT2D eigenvalue weighted by molar-refractivity contribution is 0.355. The quantitative estimate of drug-likeness (QED) is 0.385. The van der Waals surface area contributed by atoms with Crippen LogP contribution in [0.2, 0.25) is 0 Å². The number of hydrogen-bond donors (Lipinski definition) is 0. The van der Waals surface area contributed by atoms with Gasteiger partial charge in [-0.2, -0.15) is 4.98 Å².